The first kappa shape index (κ1) is 17.0. The molecule has 123 valence electrons. The molecule has 0 aliphatic carbocycles. The van der Waals surface area contributed by atoms with Crippen LogP contribution in [0.4, 0.5) is 0 Å². The van der Waals surface area contributed by atoms with Crippen molar-refractivity contribution in [3.8, 4) is 0 Å². The lowest BCUT2D eigenvalue weighted by molar-refractivity contribution is -0.321. The van der Waals surface area contributed by atoms with E-state index in [-0.39, 0.29) is 0 Å². The molecule has 2 heterocycles. The first-order chi connectivity index (χ1) is 9.75. The third-order valence-corrected chi connectivity index (χ3v) is 4.17. The summed E-state index contributed by atoms with van der Waals surface area (Å²) in [5, 5.41) is 69.1. The highest BCUT2D eigenvalue weighted by atomic mass is 16.6. The fourth-order valence-corrected chi connectivity index (χ4v) is 2.80. The van der Waals surface area contributed by atoms with E-state index in [1.807, 2.05) is 0 Å². The minimum Gasteiger partial charge on any atom is -0.394 e. The molecule has 21 heavy (non-hydrogen) atoms. The zero-order chi connectivity index (χ0) is 15.9. The summed E-state index contributed by atoms with van der Waals surface area (Å²) in [4.78, 5) is 0. The highest BCUT2D eigenvalue weighted by molar-refractivity contribution is 5.12. The summed E-state index contributed by atoms with van der Waals surface area (Å²) < 4.78 is 10.2. The van der Waals surface area contributed by atoms with Gasteiger partial charge in [-0.1, -0.05) is 0 Å². The van der Waals surface area contributed by atoms with Gasteiger partial charge in [0.25, 0.3) is 0 Å². The van der Waals surface area contributed by atoms with Crippen LogP contribution in [0.5, 0.6) is 0 Å². The van der Waals surface area contributed by atoms with E-state index < -0.39 is 61.0 Å². The Balaban J connectivity index is 2.35. The Morgan fingerprint density at radius 1 is 1.05 bits per heavy atom. The Hall–Kier alpha value is -0.360. The van der Waals surface area contributed by atoms with Gasteiger partial charge in [0.1, 0.15) is 54.9 Å². The van der Waals surface area contributed by atoms with E-state index in [0.717, 1.165) is 6.61 Å². The minimum absolute atomic E-state index is 0.726. The van der Waals surface area contributed by atoms with Crippen LogP contribution in [0.25, 0.3) is 0 Å². The normalized spacial score (nSPS) is 55.4. The lowest BCUT2D eigenvalue weighted by Crippen LogP contribution is -2.74. The summed E-state index contributed by atoms with van der Waals surface area (Å²) in [6.45, 7) is 1.53. The lowest BCUT2D eigenvalue weighted by atomic mass is 9.75. The van der Waals surface area contributed by atoms with Gasteiger partial charge in [-0.2, -0.15) is 0 Å². The third kappa shape index (κ3) is 2.58. The highest BCUT2D eigenvalue weighted by Gasteiger charge is 2.61. The van der Waals surface area contributed by atoms with Crippen LogP contribution in [-0.2, 0) is 9.47 Å². The van der Waals surface area contributed by atoms with Crippen LogP contribution in [0, 0.1) is 6.61 Å². The summed E-state index contributed by atoms with van der Waals surface area (Å²) in [7, 11) is 0. The molecule has 0 aromatic rings. The molecule has 7 N–H and O–H groups in total. The second kappa shape index (κ2) is 6.03. The molecule has 0 bridgehead atoms. The fraction of sp³-hybridized carbons (Fsp3) is 0.917. The van der Waals surface area contributed by atoms with Crippen molar-refractivity contribution in [3.05, 3.63) is 6.61 Å². The first-order valence-electron chi connectivity index (χ1n) is 6.63. The van der Waals surface area contributed by atoms with Crippen molar-refractivity contribution in [2.45, 2.75) is 61.4 Å². The van der Waals surface area contributed by atoms with Gasteiger partial charge in [-0.15, -0.1) is 0 Å². The second-order valence-corrected chi connectivity index (χ2v) is 5.50. The van der Waals surface area contributed by atoms with Crippen molar-refractivity contribution >= 4 is 0 Å². The molecule has 9 heteroatoms. The van der Waals surface area contributed by atoms with Crippen molar-refractivity contribution in [2.75, 3.05) is 6.61 Å². The van der Waals surface area contributed by atoms with Gasteiger partial charge >= 0.3 is 0 Å². The topological polar surface area (TPSA) is 160 Å². The predicted octanol–water partition coefficient (Wildman–Crippen LogP) is -4.14. The summed E-state index contributed by atoms with van der Waals surface area (Å²) in [6.07, 6.45) is -12.1. The number of hydrogen-bond donors (Lipinski definition) is 7. The first-order valence-corrected chi connectivity index (χ1v) is 6.63. The van der Waals surface area contributed by atoms with Crippen LogP contribution in [0.15, 0.2) is 0 Å². The molecule has 2 aliphatic heterocycles. The van der Waals surface area contributed by atoms with Crippen LogP contribution in [0.1, 0.15) is 6.92 Å². The average molecular weight is 309 g/mol. The van der Waals surface area contributed by atoms with Gasteiger partial charge in [0.05, 0.1) is 12.7 Å². The molecule has 0 saturated carbocycles. The second-order valence-electron chi connectivity index (χ2n) is 5.50. The summed E-state index contributed by atoms with van der Waals surface area (Å²) in [5.74, 6) is 0. The van der Waals surface area contributed by atoms with Crippen LogP contribution >= 0.6 is 0 Å². The number of hydrogen-bond acceptors (Lipinski definition) is 9. The Labute approximate surface area is 121 Å². The SMILES string of the molecule is C[C@@H]1O[C@@H]([C@@]2(O)[C@H](O)[C@@H](O)[CH]O[C@@H]2CO)[C@@H](O)[C@H](O)[C@@H]1O. The fourth-order valence-electron chi connectivity index (χ4n) is 2.80. The third-order valence-electron chi connectivity index (χ3n) is 4.17. The number of aliphatic hydroxyl groups is 7. The minimum atomic E-state index is -2.38. The molecule has 9 atom stereocenters. The van der Waals surface area contributed by atoms with Gasteiger partial charge in [-0.05, 0) is 6.92 Å². The molecule has 2 saturated heterocycles. The lowest BCUT2D eigenvalue weighted by Gasteiger charge is -2.52. The van der Waals surface area contributed by atoms with Gasteiger partial charge in [0.15, 0.2) is 0 Å². The molecule has 2 fully saturated rings. The quantitative estimate of drug-likeness (QED) is 0.269. The van der Waals surface area contributed by atoms with E-state index in [9.17, 15) is 35.7 Å². The Kier molecular flexibility index (Phi) is 4.88. The van der Waals surface area contributed by atoms with E-state index in [1.165, 1.54) is 6.92 Å². The molecule has 0 amide bonds. The van der Waals surface area contributed by atoms with E-state index in [4.69, 9.17) is 9.47 Å². The number of rotatable bonds is 2. The van der Waals surface area contributed by atoms with Crippen LogP contribution < -0.4 is 0 Å². The Morgan fingerprint density at radius 3 is 2.24 bits per heavy atom. The number of aliphatic hydroxyl groups excluding tert-OH is 6. The van der Waals surface area contributed by atoms with Crippen molar-refractivity contribution in [3.63, 3.8) is 0 Å². The van der Waals surface area contributed by atoms with Crippen molar-refractivity contribution in [1.82, 2.24) is 0 Å². The maximum absolute atomic E-state index is 10.7. The van der Waals surface area contributed by atoms with Gasteiger partial charge in [0, 0.05) is 0 Å². The molecule has 1 radical (unpaired) electrons. The molecular formula is C12H21O9. The predicted molar refractivity (Wildman–Crippen MR) is 65.6 cm³/mol. The summed E-state index contributed by atoms with van der Waals surface area (Å²) in [5.41, 5.74) is -2.38. The molecule has 2 aliphatic rings. The Morgan fingerprint density at radius 2 is 1.67 bits per heavy atom. The standard InChI is InChI=1S/C12H21O9/c1-4-7(15)8(16)9(17)11(21-4)12(19)6(2-13)20-3-5(14)10(12)18/h3-11,13-19H,2H2,1H3/t4-,5-,6+,7+,8+,9-,10+,11+,12-/m0/s1. The molecule has 0 aromatic heterocycles. The number of ether oxygens (including phenoxy) is 2. The monoisotopic (exact) mass is 309 g/mol. The maximum atomic E-state index is 10.7. The molecule has 0 unspecified atom stereocenters. The van der Waals surface area contributed by atoms with Crippen molar-refractivity contribution in [2.24, 2.45) is 0 Å². The van der Waals surface area contributed by atoms with E-state index in [0.29, 0.717) is 0 Å². The molecule has 0 spiro atoms. The molecule has 0 aromatic carbocycles. The average Bonchev–Trinajstić information content (AvgIpc) is 2.46. The van der Waals surface area contributed by atoms with E-state index >= 15 is 0 Å². The van der Waals surface area contributed by atoms with E-state index in [2.05, 4.69) is 0 Å². The van der Waals surface area contributed by atoms with Crippen molar-refractivity contribution < 1.29 is 45.2 Å². The smallest absolute Gasteiger partial charge is 0.150 e. The van der Waals surface area contributed by atoms with E-state index in [1.54, 1.807) is 0 Å². The Bertz CT molecular complexity index is 363. The highest BCUT2D eigenvalue weighted by Crippen LogP contribution is 2.38. The van der Waals surface area contributed by atoms with Gasteiger partial charge in [-0.25, -0.2) is 0 Å². The molecule has 2 rings (SSSR count). The van der Waals surface area contributed by atoms with Gasteiger partial charge < -0.3 is 45.2 Å². The zero-order valence-electron chi connectivity index (χ0n) is 11.4. The summed E-state index contributed by atoms with van der Waals surface area (Å²) >= 11 is 0. The van der Waals surface area contributed by atoms with Crippen molar-refractivity contribution in [1.29, 1.82) is 0 Å². The maximum Gasteiger partial charge on any atom is 0.150 e. The molecular weight excluding hydrogens is 288 g/mol. The van der Waals surface area contributed by atoms with Crippen LogP contribution in [0.2, 0.25) is 0 Å². The molecule has 9 nitrogen and oxygen atoms in total. The van der Waals surface area contributed by atoms with Gasteiger partial charge in [0.2, 0.25) is 0 Å². The van der Waals surface area contributed by atoms with Gasteiger partial charge in [-0.3, -0.25) is 0 Å². The van der Waals surface area contributed by atoms with Crippen LogP contribution in [0.3, 0.4) is 0 Å². The largest absolute Gasteiger partial charge is 0.394 e. The zero-order valence-corrected chi connectivity index (χ0v) is 11.4. The van der Waals surface area contributed by atoms with Crippen LogP contribution in [-0.4, -0.2) is 96.8 Å². The summed E-state index contributed by atoms with van der Waals surface area (Å²) in [6, 6.07) is 0.